The number of aromatic nitrogens is 2. The first-order valence-corrected chi connectivity index (χ1v) is 13.1. The Morgan fingerprint density at radius 1 is 1.20 bits per heavy atom. The Hall–Kier alpha value is -1.32. The van der Waals surface area contributed by atoms with E-state index in [1.807, 2.05) is 0 Å². The van der Waals surface area contributed by atoms with Gasteiger partial charge < -0.3 is 14.2 Å². The van der Waals surface area contributed by atoms with E-state index in [0.29, 0.717) is 23.8 Å². The van der Waals surface area contributed by atoms with Gasteiger partial charge in [0.05, 0.1) is 30.1 Å². The molecule has 0 aliphatic heterocycles. The van der Waals surface area contributed by atoms with Gasteiger partial charge in [-0.05, 0) is 19.9 Å². The van der Waals surface area contributed by atoms with Gasteiger partial charge in [-0.2, -0.15) is 5.10 Å². The zero-order valence-electron chi connectivity index (χ0n) is 15.7. The van der Waals surface area contributed by atoms with Gasteiger partial charge in [0, 0.05) is 14.7 Å². The van der Waals surface area contributed by atoms with Gasteiger partial charge in [0.2, 0.25) is 0 Å². The van der Waals surface area contributed by atoms with Gasteiger partial charge in [0.15, 0.2) is 5.69 Å². The van der Waals surface area contributed by atoms with Crippen molar-refractivity contribution in [1.29, 1.82) is 0 Å². The van der Waals surface area contributed by atoms with E-state index in [-0.39, 0.29) is 25.1 Å². The van der Waals surface area contributed by atoms with Gasteiger partial charge in [-0.1, -0.05) is 19.6 Å². The highest BCUT2D eigenvalue weighted by Gasteiger charge is 2.21. The highest BCUT2D eigenvalue weighted by molar-refractivity contribution is 8.00. The van der Waals surface area contributed by atoms with E-state index in [1.54, 1.807) is 20.0 Å². The predicted octanol–water partition coefficient (Wildman–Crippen LogP) is 3.03. The second kappa shape index (κ2) is 10.6. The van der Waals surface area contributed by atoms with Gasteiger partial charge in [0.1, 0.15) is 6.73 Å². The van der Waals surface area contributed by atoms with E-state index in [9.17, 15) is 9.59 Å². The van der Waals surface area contributed by atoms with Crippen LogP contribution in [0.4, 0.5) is 0 Å². The fourth-order valence-corrected chi connectivity index (χ4v) is 3.41. The lowest BCUT2D eigenvalue weighted by Gasteiger charge is -2.15. The van der Waals surface area contributed by atoms with Crippen molar-refractivity contribution >= 4 is 31.8 Å². The summed E-state index contributed by atoms with van der Waals surface area (Å²) in [5.74, 6) is -0.691. The molecule has 0 fully saturated rings. The fourth-order valence-electron chi connectivity index (χ4n) is 1.85. The normalized spacial score (nSPS) is 11.4. The van der Waals surface area contributed by atoms with Gasteiger partial charge in [-0.15, -0.1) is 11.8 Å². The largest absolute Gasteiger partial charge is 0.465 e. The maximum atomic E-state index is 12.2. The molecular formula is C16H28N2O5SSi. The van der Waals surface area contributed by atoms with Gasteiger partial charge >= 0.3 is 11.9 Å². The van der Waals surface area contributed by atoms with Crippen LogP contribution in [0, 0.1) is 0 Å². The molecule has 142 valence electrons. The number of thioether (sulfide) groups is 1. The zero-order chi connectivity index (χ0) is 18.9. The van der Waals surface area contributed by atoms with Crippen LogP contribution in [0.5, 0.6) is 0 Å². The van der Waals surface area contributed by atoms with Crippen LogP contribution in [0.25, 0.3) is 0 Å². The molecule has 1 heterocycles. The van der Waals surface area contributed by atoms with Crippen molar-refractivity contribution in [3.63, 3.8) is 0 Å². The van der Waals surface area contributed by atoms with Crippen molar-refractivity contribution in [1.82, 2.24) is 9.78 Å². The van der Waals surface area contributed by atoms with E-state index < -0.39 is 14.0 Å². The Labute approximate surface area is 154 Å². The third kappa shape index (κ3) is 8.06. The van der Waals surface area contributed by atoms with Crippen LogP contribution in [-0.4, -0.2) is 55.4 Å². The first-order valence-electron chi connectivity index (χ1n) is 8.37. The smallest absolute Gasteiger partial charge is 0.357 e. The number of nitrogens with zero attached hydrogens (tertiary/aromatic N) is 2. The molecule has 1 aromatic rings. The molecule has 0 amide bonds. The molecule has 0 aromatic carbocycles. The van der Waals surface area contributed by atoms with Crippen molar-refractivity contribution in [3.05, 3.63) is 11.9 Å². The molecule has 0 unspecified atom stereocenters. The number of hydrogen-bond donors (Lipinski definition) is 0. The molecule has 0 saturated carbocycles. The van der Waals surface area contributed by atoms with Gasteiger partial charge in [0.25, 0.3) is 0 Å². The molecular weight excluding hydrogens is 360 g/mol. The molecule has 0 radical (unpaired) electrons. The van der Waals surface area contributed by atoms with Gasteiger partial charge in [-0.25, -0.2) is 9.48 Å². The second-order valence-corrected chi connectivity index (χ2v) is 13.2. The number of ether oxygens (including phenoxy) is 3. The molecule has 0 N–H and O–H groups in total. The number of rotatable bonds is 11. The summed E-state index contributed by atoms with van der Waals surface area (Å²) >= 11 is 1.21. The average Bonchev–Trinajstić information content (AvgIpc) is 2.92. The Balaban J connectivity index is 2.76. The topological polar surface area (TPSA) is 79.6 Å². The number of carbonyl (C=O) groups excluding carboxylic acids is 2. The minimum absolute atomic E-state index is 0.114. The number of hydrogen-bond acceptors (Lipinski definition) is 7. The lowest BCUT2D eigenvalue weighted by atomic mass is 10.4. The predicted molar refractivity (Wildman–Crippen MR) is 99.6 cm³/mol. The molecule has 1 aromatic heterocycles. The third-order valence-corrected chi connectivity index (χ3v) is 5.83. The Morgan fingerprint density at radius 2 is 1.88 bits per heavy atom. The first kappa shape index (κ1) is 21.7. The van der Waals surface area contributed by atoms with Crippen LogP contribution in [0.2, 0.25) is 25.7 Å². The minimum atomic E-state index is -1.17. The lowest BCUT2D eigenvalue weighted by molar-refractivity contribution is -0.139. The molecule has 25 heavy (non-hydrogen) atoms. The molecule has 0 aliphatic rings. The minimum Gasteiger partial charge on any atom is -0.465 e. The van der Waals surface area contributed by atoms with Crippen molar-refractivity contribution in [2.24, 2.45) is 0 Å². The van der Waals surface area contributed by atoms with Crippen molar-refractivity contribution in [3.8, 4) is 0 Å². The van der Waals surface area contributed by atoms with E-state index in [1.165, 1.54) is 16.4 Å². The third-order valence-electron chi connectivity index (χ3n) is 3.14. The average molecular weight is 389 g/mol. The number of esters is 2. The van der Waals surface area contributed by atoms with Gasteiger partial charge in [-0.3, -0.25) is 4.79 Å². The molecule has 1 rings (SSSR count). The number of carbonyl (C=O) groups is 2. The maximum Gasteiger partial charge on any atom is 0.357 e. The van der Waals surface area contributed by atoms with Crippen LogP contribution in [0.3, 0.4) is 0 Å². The van der Waals surface area contributed by atoms with E-state index in [0.717, 1.165) is 6.04 Å². The monoisotopic (exact) mass is 388 g/mol. The molecule has 0 spiro atoms. The summed E-state index contributed by atoms with van der Waals surface area (Å²) in [7, 11) is -1.17. The highest BCUT2D eigenvalue weighted by Crippen LogP contribution is 2.24. The summed E-state index contributed by atoms with van der Waals surface area (Å²) in [4.78, 5) is 24.4. The van der Waals surface area contributed by atoms with Crippen molar-refractivity contribution < 1.29 is 23.8 Å². The van der Waals surface area contributed by atoms with Crippen molar-refractivity contribution in [2.75, 3.05) is 25.6 Å². The summed E-state index contributed by atoms with van der Waals surface area (Å²) in [6, 6.07) is 1.04. The van der Waals surface area contributed by atoms with Crippen LogP contribution < -0.4 is 0 Å². The van der Waals surface area contributed by atoms with Crippen LogP contribution >= 0.6 is 11.8 Å². The van der Waals surface area contributed by atoms with Crippen LogP contribution in [-0.2, 0) is 25.7 Å². The summed E-state index contributed by atoms with van der Waals surface area (Å²) in [5.41, 5.74) is 0.309. The van der Waals surface area contributed by atoms with E-state index in [2.05, 4.69) is 24.7 Å². The van der Waals surface area contributed by atoms with Crippen LogP contribution in [0.1, 0.15) is 24.3 Å². The molecule has 0 atom stereocenters. The first-order chi connectivity index (χ1) is 11.8. The van der Waals surface area contributed by atoms with E-state index >= 15 is 0 Å². The van der Waals surface area contributed by atoms with Crippen LogP contribution in [0.15, 0.2) is 11.1 Å². The second-order valence-electron chi connectivity index (χ2n) is 6.52. The highest BCUT2D eigenvalue weighted by atomic mass is 32.2. The molecule has 0 saturated heterocycles. The summed E-state index contributed by atoms with van der Waals surface area (Å²) < 4.78 is 17.2. The SMILES string of the molecule is CCOC(=O)CSc1cnn(COCC[Si](C)(C)C)c1C(=O)OCC. The van der Waals surface area contributed by atoms with Crippen molar-refractivity contribution in [2.45, 2.75) is 51.2 Å². The van der Waals surface area contributed by atoms with E-state index in [4.69, 9.17) is 14.2 Å². The lowest BCUT2D eigenvalue weighted by Crippen LogP contribution is -2.22. The Morgan fingerprint density at radius 3 is 2.48 bits per heavy atom. The summed E-state index contributed by atoms with van der Waals surface area (Å²) in [5, 5.41) is 4.21. The molecule has 9 heteroatoms. The summed E-state index contributed by atoms with van der Waals surface area (Å²) in [6.45, 7) is 11.7. The quantitative estimate of drug-likeness (QED) is 0.249. The molecule has 7 nitrogen and oxygen atoms in total. The summed E-state index contributed by atoms with van der Waals surface area (Å²) in [6.07, 6.45) is 1.55. The molecule has 0 aliphatic carbocycles. The standard InChI is InChI=1S/C16H28N2O5SSi/c1-6-22-14(19)11-24-13-10-17-18(15(13)16(20)23-7-2)12-21-8-9-25(3,4)5/h10H,6-9,11-12H2,1-5H3. The zero-order valence-corrected chi connectivity index (χ0v) is 17.5. The Bertz CT molecular complexity index is 571. The maximum absolute atomic E-state index is 12.2. The Kier molecular flexibility index (Phi) is 9.23. The molecule has 0 bridgehead atoms. The fraction of sp³-hybridized carbons (Fsp3) is 0.688.